The van der Waals surface area contributed by atoms with Crippen molar-refractivity contribution in [3.8, 4) is 0 Å². The van der Waals surface area contributed by atoms with Crippen molar-refractivity contribution in [2.75, 3.05) is 52.5 Å². The summed E-state index contributed by atoms with van der Waals surface area (Å²) in [7, 11) is 0. The fraction of sp³-hybridized carbons (Fsp3) is 0.312. The highest BCUT2D eigenvalue weighted by Crippen LogP contribution is 2.24. The van der Waals surface area contributed by atoms with Crippen LogP contribution in [0.25, 0.3) is 15.7 Å². The summed E-state index contributed by atoms with van der Waals surface area (Å²) in [6.45, 7) is 8.30. The van der Waals surface area contributed by atoms with Crippen LogP contribution in [-0.2, 0) is 11.2 Å². The molecule has 1 fully saturated rings. The largest absolute Gasteiger partial charge is 0.380 e. The molecule has 0 aliphatic carbocycles. The zero-order chi connectivity index (χ0) is 24.4. The van der Waals surface area contributed by atoms with Crippen LogP contribution in [0.1, 0.15) is 23.1 Å². The molecule has 2 heterocycles. The molecule has 0 amide bonds. The Morgan fingerprint density at radius 3 is 2.11 bits per heavy atom. The number of hydrogen-bond donors (Lipinski definition) is 0. The first-order chi connectivity index (χ1) is 17.8. The third-order valence-corrected chi connectivity index (χ3v) is 7.93. The minimum atomic E-state index is 0.799. The van der Waals surface area contributed by atoms with Gasteiger partial charge in [-0.05, 0) is 58.0 Å². The summed E-state index contributed by atoms with van der Waals surface area (Å²) >= 11 is 1.80. The molecule has 5 rings (SSSR count). The predicted molar refractivity (Wildman–Crippen MR) is 154 cm³/mol. The minimum absolute atomic E-state index is 0.799. The lowest BCUT2D eigenvalue weighted by molar-refractivity contribution is 0.0773. The molecule has 4 aromatic rings. The minimum Gasteiger partial charge on any atom is -0.380 e. The van der Waals surface area contributed by atoms with Gasteiger partial charge in [-0.15, -0.1) is 11.3 Å². The molecule has 0 N–H and O–H groups in total. The van der Waals surface area contributed by atoms with Crippen LogP contribution in [0.4, 0.5) is 0 Å². The van der Waals surface area contributed by atoms with Crippen molar-refractivity contribution in [2.45, 2.75) is 12.8 Å². The van der Waals surface area contributed by atoms with Crippen molar-refractivity contribution in [3.63, 3.8) is 0 Å². The van der Waals surface area contributed by atoms with Gasteiger partial charge >= 0.3 is 0 Å². The Kier molecular flexibility index (Phi) is 8.98. The average molecular weight is 497 g/mol. The topological polar surface area (TPSA) is 15.7 Å². The van der Waals surface area contributed by atoms with E-state index in [9.17, 15) is 0 Å². The molecular weight excluding hydrogens is 460 g/mol. The third-order valence-electron chi connectivity index (χ3n) is 7.03. The zero-order valence-corrected chi connectivity index (χ0v) is 21.8. The fourth-order valence-electron chi connectivity index (χ4n) is 4.92. The van der Waals surface area contributed by atoms with E-state index in [1.165, 1.54) is 32.3 Å². The lowest BCUT2D eigenvalue weighted by Gasteiger charge is -2.34. The Bertz CT molecular complexity index is 1190. The lowest BCUT2D eigenvalue weighted by atomic mass is 9.97. The average Bonchev–Trinajstić information content (AvgIpc) is 3.41. The van der Waals surface area contributed by atoms with Gasteiger partial charge in [0.2, 0.25) is 0 Å². The van der Waals surface area contributed by atoms with Crippen molar-refractivity contribution < 1.29 is 4.74 Å². The fourth-order valence-corrected chi connectivity index (χ4v) is 5.69. The van der Waals surface area contributed by atoms with Crippen molar-refractivity contribution in [1.29, 1.82) is 0 Å². The molecule has 186 valence electrons. The number of benzene rings is 3. The zero-order valence-electron chi connectivity index (χ0n) is 21.0. The number of nitrogens with zero attached hydrogens (tertiary/aromatic N) is 2. The Hall–Kier alpha value is -2.76. The van der Waals surface area contributed by atoms with E-state index >= 15 is 0 Å². The van der Waals surface area contributed by atoms with Crippen LogP contribution in [0.5, 0.6) is 0 Å². The van der Waals surface area contributed by atoms with E-state index in [4.69, 9.17) is 4.74 Å². The number of hydrogen-bond acceptors (Lipinski definition) is 4. The van der Waals surface area contributed by atoms with Crippen molar-refractivity contribution in [2.24, 2.45) is 0 Å². The lowest BCUT2D eigenvalue weighted by Crippen LogP contribution is -2.47. The first-order valence-electron chi connectivity index (χ1n) is 13.1. The summed E-state index contributed by atoms with van der Waals surface area (Å²) < 4.78 is 7.34. The molecule has 1 saturated heterocycles. The molecule has 0 radical (unpaired) electrons. The van der Waals surface area contributed by atoms with E-state index in [-0.39, 0.29) is 0 Å². The van der Waals surface area contributed by atoms with Gasteiger partial charge in [-0.25, -0.2) is 0 Å². The second kappa shape index (κ2) is 13.0. The van der Waals surface area contributed by atoms with Gasteiger partial charge in [0.25, 0.3) is 0 Å². The Balaban J connectivity index is 1.01. The van der Waals surface area contributed by atoms with Crippen LogP contribution in [0, 0.1) is 0 Å². The maximum Gasteiger partial charge on any atom is 0.0593 e. The van der Waals surface area contributed by atoms with Gasteiger partial charge in [-0.3, -0.25) is 4.90 Å². The molecule has 3 aromatic carbocycles. The molecule has 0 atom stereocenters. The van der Waals surface area contributed by atoms with Crippen LogP contribution in [0.3, 0.4) is 0 Å². The van der Waals surface area contributed by atoms with Crippen molar-refractivity contribution >= 4 is 27.0 Å². The highest BCUT2D eigenvalue weighted by molar-refractivity contribution is 7.17. The highest BCUT2D eigenvalue weighted by Gasteiger charge is 2.16. The number of thiophene rings is 1. The number of ether oxygens (including phenoxy) is 1. The summed E-state index contributed by atoms with van der Waals surface area (Å²) in [6.07, 6.45) is 4.47. The summed E-state index contributed by atoms with van der Waals surface area (Å²) in [4.78, 5) is 5.14. The smallest absolute Gasteiger partial charge is 0.0593 e. The van der Waals surface area contributed by atoms with E-state index in [1.54, 1.807) is 11.3 Å². The van der Waals surface area contributed by atoms with Gasteiger partial charge < -0.3 is 9.64 Å². The van der Waals surface area contributed by atoms with Gasteiger partial charge in [-0.1, -0.05) is 78.9 Å². The van der Waals surface area contributed by atoms with Crippen molar-refractivity contribution in [3.05, 3.63) is 113 Å². The molecule has 0 saturated carbocycles. The maximum absolute atomic E-state index is 5.98. The number of rotatable bonds is 11. The van der Waals surface area contributed by atoms with Crippen LogP contribution < -0.4 is 0 Å². The summed E-state index contributed by atoms with van der Waals surface area (Å²) in [5, 5.41) is 3.51. The first-order valence-corrected chi connectivity index (χ1v) is 14.0. The third kappa shape index (κ3) is 6.92. The monoisotopic (exact) mass is 496 g/mol. The van der Waals surface area contributed by atoms with E-state index in [0.717, 1.165) is 65.3 Å². The molecule has 3 nitrogen and oxygen atoms in total. The molecule has 1 aliphatic rings. The molecule has 0 spiro atoms. The number of fused-ring (bicyclic) bond motifs is 1. The molecular formula is C32H36N2OS. The highest BCUT2D eigenvalue weighted by atomic mass is 32.1. The van der Waals surface area contributed by atoms with Crippen LogP contribution in [0.2, 0.25) is 0 Å². The van der Waals surface area contributed by atoms with Gasteiger partial charge in [0, 0.05) is 44.0 Å². The van der Waals surface area contributed by atoms with Gasteiger partial charge in [-0.2, -0.15) is 0 Å². The summed E-state index contributed by atoms with van der Waals surface area (Å²) in [5.41, 5.74) is 5.29. The predicted octanol–water partition coefficient (Wildman–Crippen LogP) is 6.60. The molecule has 36 heavy (non-hydrogen) atoms. The van der Waals surface area contributed by atoms with Crippen LogP contribution >= 0.6 is 11.3 Å². The van der Waals surface area contributed by atoms with E-state index in [2.05, 4.69) is 106 Å². The van der Waals surface area contributed by atoms with E-state index in [1.807, 2.05) is 0 Å². The van der Waals surface area contributed by atoms with Gasteiger partial charge in [0.05, 0.1) is 13.2 Å². The maximum atomic E-state index is 5.98. The Morgan fingerprint density at radius 2 is 1.42 bits per heavy atom. The van der Waals surface area contributed by atoms with Crippen LogP contribution in [0.15, 0.2) is 96.4 Å². The molecule has 0 unspecified atom stereocenters. The standard InChI is InChI=1S/C32H36N2OS/c1-3-8-28(9-4-1)31(29-10-5-2-6-11-29)12-7-17-33-18-20-34(21-19-33)22-24-35-23-15-27-13-14-32-30(26-27)16-25-36-32/h1-6,8-14,16,25-26H,7,15,17-24H2. The van der Waals surface area contributed by atoms with Gasteiger partial charge in [0.15, 0.2) is 0 Å². The molecule has 1 aromatic heterocycles. The molecule has 4 heteroatoms. The molecule has 1 aliphatic heterocycles. The Morgan fingerprint density at radius 1 is 0.750 bits per heavy atom. The normalized spacial score (nSPS) is 14.8. The summed E-state index contributed by atoms with van der Waals surface area (Å²) in [6, 6.07) is 30.5. The van der Waals surface area contributed by atoms with Gasteiger partial charge in [0.1, 0.15) is 0 Å². The Labute approximate surface area is 219 Å². The quantitative estimate of drug-likeness (QED) is 0.218. The number of piperazine rings is 1. The van der Waals surface area contributed by atoms with Crippen LogP contribution in [-0.4, -0.2) is 62.3 Å². The van der Waals surface area contributed by atoms with E-state index < -0.39 is 0 Å². The second-order valence-corrected chi connectivity index (χ2v) is 10.4. The SMILES string of the molecule is C(CCN1CCN(CCOCCc2ccc3sccc3c2)CC1)=C(c1ccccc1)c1ccccc1. The summed E-state index contributed by atoms with van der Waals surface area (Å²) in [5.74, 6) is 0. The van der Waals surface area contributed by atoms with Crippen molar-refractivity contribution in [1.82, 2.24) is 9.80 Å². The second-order valence-electron chi connectivity index (χ2n) is 9.48. The molecule has 0 bridgehead atoms. The van der Waals surface area contributed by atoms with E-state index in [0.29, 0.717) is 0 Å². The first kappa shape index (κ1) is 24.9.